The number of hydrogen-bond donors (Lipinski definition) is 0. The second-order valence-corrected chi connectivity index (χ2v) is 9.01. The second-order valence-electron chi connectivity index (χ2n) is 7.93. The lowest BCUT2D eigenvalue weighted by Crippen LogP contribution is -2.41. The van der Waals surface area contributed by atoms with Gasteiger partial charge in [-0.3, -0.25) is 4.98 Å². The third kappa shape index (κ3) is 2.21. The molecule has 130 valence electrons. The van der Waals surface area contributed by atoms with E-state index in [2.05, 4.69) is 70.2 Å². The number of hydrogen-bond acceptors (Lipinski definition) is 4. The van der Waals surface area contributed by atoms with Crippen LogP contribution < -0.4 is 5.46 Å². The smallest absolute Gasteiger partial charge is 0.399 e. The van der Waals surface area contributed by atoms with Gasteiger partial charge in [-0.1, -0.05) is 36.0 Å². The van der Waals surface area contributed by atoms with Crippen LogP contribution in [-0.2, 0) is 9.31 Å². The van der Waals surface area contributed by atoms with Crippen molar-refractivity contribution in [2.24, 2.45) is 0 Å². The molecule has 0 saturated carbocycles. The van der Waals surface area contributed by atoms with Crippen molar-refractivity contribution >= 4 is 35.2 Å². The van der Waals surface area contributed by atoms with Gasteiger partial charge >= 0.3 is 7.12 Å². The minimum atomic E-state index is -0.420. The van der Waals surface area contributed by atoms with E-state index in [0.717, 1.165) is 11.0 Å². The highest BCUT2D eigenvalue weighted by Gasteiger charge is 2.52. The first-order chi connectivity index (χ1) is 12.4. The molecule has 0 amide bonds. The molecule has 2 aromatic carbocycles. The maximum atomic E-state index is 6.35. The maximum Gasteiger partial charge on any atom is 0.497 e. The summed E-state index contributed by atoms with van der Waals surface area (Å²) in [6, 6.07) is 14.9. The summed E-state index contributed by atoms with van der Waals surface area (Å²) in [6.07, 6.45) is 1.93. The highest BCUT2D eigenvalue weighted by atomic mass is 32.2. The number of pyridine rings is 1. The van der Waals surface area contributed by atoms with E-state index >= 15 is 0 Å². The number of nitrogens with zero attached hydrogens (tertiary/aromatic N) is 1. The summed E-state index contributed by atoms with van der Waals surface area (Å²) in [5, 5.41) is 1.20. The predicted molar refractivity (Wildman–Crippen MR) is 107 cm³/mol. The van der Waals surface area contributed by atoms with Crippen LogP contribution >= 0.6 is 11.8 Å². The average molecular weight is 361 g/mol. The minimum absolute atomic E-state index is 0.373. The normalized spacial score (nSPS) is 19.6. The molecule has 1 aromatic heterocycles. The highest BCUT2D eigenvalue weighted by molar-refractivity contribution is 7.99. The summed E-state index contributed by atoms with van der Waals surface area (Å²) < 4.78 is 12.7. The zero-order valence-corrected chi connectivity index (χ0v) is 16.2. The van der Waals surface area contributed by atoms with E-state index in [1.54, 1.807) is 11.8 Å². The Morgan fingerprint density at radius 1 is 0.885 bits per heavy atom. The van der Waals surface area contributed by atoms with E-state index in [0.29, 0.717) is 0 Å². The Kier molecular flexibility index (Phi) is 3.37. The fourth-order valence-electron chi connectivity index (χ4n) is 3.63. The van der Waals surface area contributed by atoms with Crippen LogP contribution in [0.4, 0.5) is 0 Å². The van der Waals surface area contributed by atoms with Gasteiger partial charge < -0.3 is 9.31 Å². The van der Waals surface area contributed by atoms with Crippen molar-refractivity contribution in [3.8, 4) is 11.1 Å². The molecule has 5 rings (SSSR count). The Morgan fingerprint density at radius 3 is 2.35 bits per heavy atom. The molecule has 0 bridgehead atoms. The van der Waals surface area contributed by atoms with Crippen LogP contribution in [0.25, 0.3) is 22.0 Å². The largest absolute Gasteiger partial charge is 0.497 e. The first-order valence-corrected chi connectivity index (χ1v) is 9.73. The van der Waals surface area contributed by atoms with Crippen molar-refractivity contribution in [3.05, 3.63) is 48.7 Å². The third-order valence-electron chi connectivity index (χ3n) is 5.77. The lowest BCUT2D eigenvalue weighted by molar-refractivity contribution is 0.00578. The zero-order valence-electron chi connectivity index (χ0n) is 15.4. The van der Waals surface area contributed by atoms with Crippen molar-refractivity contribution in [1.29, 1.82) is 0 Å². The molecule has 0 atom stereocenters. The first kappa shape index (κ1) is 16.4. The lowest BCUT2D eigenvalue weighted by Gasteiger charge is -2.32. The summed E-state index contributed by atoms with van der Waals surface area (Å²) in [5.41, 5.74) is 3.70. The number of benzene rings is 2. The molecule has 0 aliphatic carbocycles. The predicted octanol–water partition coefficient (Wildman–Crippen LogP) is 4.67. The molecular weight excluding hydrogens is 341 g/mol. The van der Waals surface area contributed by atoms with Gasteiger partial charge in [0.15, 0.2) is 0 Å². The third-order valence-corrected chi connectivity index (χ3v) is 6.91. The fraction of sp³-hybridized carbons (Fsp3) is 0.286. The van der Waals surface area contributed by atoms with Crippen molar-refractivity contribution in [3.63, 3.8) is 0 Å². The molecule has 0 unspecified atom stereocenters. The van der Waals surface area contributed by atoms with Crippen molar-refractivity contribution in [2.45, 2.75) is 48.7 Å². The van der Waals surface area contributed by atoms with Crippen LogP contribution in [0.3, 0.4) is 0 Å². The Balaban J connectivity index is 1.79. The molecule has 26 heavy (non-hydrogen) atoms. The van der Waals surface area contributed by atoms with E-state index in [4.69, 9.17) is 14.3 Å². The summed E-state index contributed by atoms with van der Waals surface area (Å²) in [4.78, 5) is 7.22. The summed E-state index contributed by atoms with van der Waals surface area (Å²) >= 11 is 1.80. The Bertz CT molecular complexity index is 1030. The van der Waals surface area contributed by atoms with Gasteiger partial charge in [0.1, 0.15) is 0 Å². The SMILES string of the molecule is CC1(C)OB(c2cnc3cccc4c3c2-c2ccccc2S4)OC1(C)C. The van der Waals surface area contributed by atoms with Crippen LogP contribution in [0.5, 0.6) is 0 Å². The van der Waals surface area contributed by atoms with E-state index in [9.17, 15) is 0 Å². The topological polar surface area (TPSA) is 31.4 Å². The van der Waals surface area contributed by atoms with Gasteiger partial charge in [-0.2, -0.15) is 0 Å². The van der Waals surface area contributed by atoms with Crippen LogP contribution in [0.2, 0.25) is 0 Å². The Morgan fingerprint density at radius 2 is 1.58 bits per heavy atom. The molecule has 3 nitrogen and oxygen atoms in total. The summed E-state index contributed by atoms with van der Waals surface area (Å²) in [5.74, 6) is 0. The van der Waals surface area contributed by atoms with Gasteiger partial charge in [0.05, 0.1) is 16.7 Å². The molecule has 5 heteroatoms. The van der Waals surface area contributed by atoms with Crippen LogP contribution in [0, 0.1) is 0 Å². The average Bonchev–Trinajstić information content (AvgIpc) is 2.83. The highest BCUT2D eigenvalue weighted by Crippen LogP contribution is 2.47. The molecular formula is C21H20BNO2S. The van der Waals surface area contributed by atoms with E-state index in [-0.39, 0.29) is 11.2 Å². The van der Waals surface area contributed by atoms with Crippen LogP contribution in [0.15, 0.2) is 58.5 Å². The number of aromatic nitrogens is 1. The van der Waals surface area contributed by atoms with Gasteiger partial charge in [0.2, 0.25) is 0 Å². The molecule has 0 radical (unpaired) electrons. The Labute approximate surface area is 158 Å². The van der Waals surface area contributed by atoms with Crippen molar-refractivity contribution in [2.75, 3.05) is 0 Å². The molecule has 2 aliphatic heterocycles. The standard InChI is InChI=1S/C21H20BNO2S/c1-20(2)21(3,4)25-22(24-20)14-12-23-15-9-7-11-17-19(15)18(14)13-8-5-6-10-16(13)26-17/h5-12H,1-4H3. The molecule has 1 saturated heterocycles. The quantitative estimate of drug-likeness (QED) is 0.461. The van der Waals surface area contributed by atoms with Crippen LogP contribution in [0.1, 0.15) is 27.7 Å². The maximum absolute atomic E-state index is 6.35. The molecule has 3 heterocycles. The van der Waals surface area contributed by atoms with Gasteiger partial charge in [-0.25, -0.2) is 0 Å². The van der Waals surface area contributed by atoms with E-state index in [1.165, 1.54) is 26.3 Å². The zero-order chi connectivity index (χ0) is 18.1. The number of fused-ring (bicyclic) bond motifs is 2. The monoisotopic (exact) mass is 361 g/mol. The van der Waals surface area contributed by atoms with Gasteiger partial charge in [-0.05, 0) is 57.0 Å². The van der Waals surface area contributed by atoms with Gasteiger partial charge in [0.25, 0.3) is 0 Å². The van der Waals surface area contributed by atoms with Gasteiger partial charge in [-0.15, -0.1) is 0 Å². The second kappa shape index (κ2) is 5.35. The lowest BCUT2D eigenvalue weighted by atomic mass is 9.74. The minimum Gasteiger partial charge on any atom is -0.399 e. The van der Waals surface area contributed by atoms with E-state index in [1.807, 2.05) is 6.20 Å². The molecule has 0 N–H and O–H groups in total. The molecule has 1 fully saturated rings. The fourth-order valence-corrected chi connectivity index (χ4v) is 4.75. The number of rotatable bonds is 1. The first-order valence-electron chi connectivity index (χ1n) is 8.92. The molecule has 0 spiro atoms. The van der Waals surface area contributed by atoms with Crippen molar-refractivity contribution < 1.29 is 9.31 Å². The van der Waals surface area contributed by atoms with Gasteiger partial charge in [0, 0.05) is 26.8 Å². The summed E-state index contributed by atoms with van der Waals surface area (Å²) in [6.45, 7) is 8.34. The molecule has 2 aliphatic rings. The van der Waals surface area contributed by atoms with E-state index < -0.39 is 7.12 Å². The van der Waals surface area contributed by atoms with Crippen molar-refractivity contribution in [1.82, 2.24) is 4.98 Å². The van der Waals surface area contributed by atoms with Crippen LogP contribution in [-0.4, -0.2) is 23.3 Å². The summed E-state index contributed by atoms with van der Waals surface area (Å²) in [7, 11) is -0.420. The molecule has 3 aromatic rings. The Hall–Kier alpha value is -1.82.